The highest BCUT2D eigenvalue weighted by Gasteiger charge is 2.42. The fourth-order valence-corrected chi connectivity index (χ4v) is 2.03. The molecule has 1 fully saturated rings. The Morgan fingerprint density at radius 3 is 2.46 bits per heavy atom. The fourth-order valence-electron chi connectivity index (χ4n) is 1.52. The van der Waals surface area contributed by atoms with Crippen LogP contribution >= 0.6 is 27.5 Å². The van der Waals surface area contributed by atoms with Gasteiger partial charge in [-0.05, 0) is 41.6 Å². The van der Waals surface area contributed by atoms with Gasteiger partial charge in [-0.3, -0.25) is 4.79 Å². The van der Waals surface area contributed by atoms with Gasteiger partial charge in [0.2, 0.25) is 5.24 Å². The number of carbonyl (C=O) groups excluding carboxylic acids is 1. The van der Waals surface area contributed by atoms with Crippen LogP contribution in [0.1, 0.15) is 17.9 Å². The molecule has 13 heavy (non-hydrogen) atoms. The van der Waals surface area contributed by atoms with E-state index >= 15 is 0 Å². The minimum Gasteiger partial charge on any atom is -0.281 e. The van der Waals surface area contributed by atoms with Gasteiger partial charge in [-0.1, -0.05) is 28.1 Å². The second-order valence-electron chi connectivity index (χ2n) is 3.30. The molecule has 3 heteroatoms. The highest BCUT2D eigenvalue weighted by atomic mass is 79.9. The summed E-state index contributed by atoms with van der Waals surface area (Å²) in [6.45, 7) is 0. The topological polar surface area (TPSA) is 17.1 Å². The molecule has 68 valence electrons. The van der Waals surface area contributed by atoms with Crippen molar-refractivity contribution in [1.82, 2.24) is 0 Å². The molecule has 1 aliphatic rings. The van der Waals surface area contributed by atoms with Crippen molar-refractivity contribution in [2.75, 3.05) is 0 Å². The summed E-state index contributed by atoms with van der Waals surface area (Å²) in [7, 11) is 0. The van der Waals surface area contributed by atoms with Crippen molar-refractivity contribution in [2.24, 2.45) is 5.92 Å². The van der Waals surface area contributed by atoms with Gasteiger partial charge in [-0.2, -0.15) is 0 Å². The number of halogens is 2. The van der Waals surface area contributed by atoms with Gasteiger partial charge in [-0.15, -0.1) is 0 Å². The highest BCUT2D eigenvalue weighted by Crippen LogP contribution is 2.48. The predicted octanol–water partition coefficient (Wildman–Crippen LogP) is 3.32. The Labute approximate surface area is 90.2 Å². The van der Waals surface area contributed by atoms with E-state index in [9.17, 15) is 4.79 Å². The number of carbonyl (C=O) groups is 1. The molecule has 0 radical (unpaired) electrons. The molecule has 0 saturated heterocycles. The third-order valence-electron chi connectivity index (χ3n) is 2.38. The van der Waals surface area contributed by atoms with Crippen molar-refractivity contribution in [3.05, 3.63) is 34.3 Å². The van der Waals surface area contributed by atoms with Crippen LogP contribution in [-0.4, -0.2) is 5.24 Å². The zero-order valence-electron chi connectivity index (χ0n) is 6.84. The van der Waals surface area contributed by atoms with Crippen molar-refractivity contribution in [1.29, 1.82) is 0 Å². The van der Waals surface area contributed by atoms with Crippen LogP contribution < -0.4 is 0 Å². The van der Waals surface area contributed by atoms with Crippen molar-refractivity contribution < 1.29 is 4.79 Å². The van der Waals surface area contributed by atoms with Gasteiger partial charge >= 0.3 is 0 Å². The summed E-state index contributed by atoms with van der Waals surface area (Å²) >= 11 is 8.77. The molecule has 0 heterocycles. The largest absolute Gasteiger partial charge is 0.281 e. The maximum absolute atomic E-state index is 10.8. The lowest BCUT2D eigenvalue weighted by Gasteiger charge is -1.97. The lowest BCUT2D eigenvalue weighted by Crippen LogP contribution is -1.91. The Morgan fingerprint density at radius 1 is 1.38 bits per heavy atom. The Kier molecular flexibility index (Phi) is 2.43. The molecule has 0 aliphatic heterocycles. The van der Waals surface area contributed by atoms with E-state index in [0.717, 1.165) is 10.9 Å². The summed E-state index contributed by atoms with van der Waals surface area (Å²) in [6.07, 6.45) is 0.907. The average molecular weight is 260 g/mol. The maximum Gasteiger partial charge on any atom is 0.225 e. The van der Waals surface area contributed by atoms with E-state index in [0.29, 0.717) is 5.92 Å². The Hall–Kier alpha value is -0.340. The molecular weight excluding hydrogens is 251 g/mol. The lowest BCUT2D eigenvalue weighted by atomic mass is 10.1. The first kappa shape index (κ1) is 9.22. The summed E-state index contributed by atoms with van der Waals surface area (Å²) in [4.78, 5) is 10.8. The SMILES string of the molecule is O=C(Cl)[C@H]1CC1c1ccc(Br)cc1. The third kappa shape index (κ3) is 1.94. The van der Waals surface area contributed by atoms with Gasteiger partial charge in [0.1, 0.15) is 0 Å². The quantitative estimate of drug-likeness (QED) is 0.745. The molecular formula is C10H8BrClO. The number of rotatable bonds is 2. The van der Waals surface area contributed by atoms with Gasteiger partial charge in [0, 0.05) is 10.4 Å². The molecule has 1 nitrogen and oxygen atoms in total. The van der Waals surface area contributed by atoms with Crippen molar-refractivity contribution in [3.8, 4) is 0 Å². The second-order valence-corrected chi connectivity index (χ2v) is 4.59. The molecule has 2 rings (SSSR count). The first-order valence-electron chi connectivity index (χ1n) is 4.13. The molecule has 1 unspecified atom stereocenters. The number of hydrogen-bond acceptors (Lipinski definition) is 1. The molecule has 0 amide bonds. The molecule has 0 aromatic heterocycles. The van der Waals surface area contributed by atoms with E-state index < -0.39 is 0 Å². The molecule has 0 spiro atoms. The molecule has 1 aromatic carbocycles. The zero-order chi connectivity index (χ0) is 9.42. The highest BCUT2D eigenvalue weighted by molar-refractivity contribution is 9.10. The van der Waals surface area contributed by atoms with Crippen LogP contribution in [0, 0.1) is 5.92 Å². The first-order chi connectivity index (χ1) is 6.18. The monoisotopic (exact) mass is 258 g/mol. The molecule has 2 atom stereocenters. The fraction of sp³-hybridized carbons (Fsp3) is 0.300. The smallest absolute Gasteiger partial charge is 0.225 e. The van der Waals surface area contributed by atoms with Crippen LogP contribution in [0.25, 0.3) is 0 Å². The van der Waals surface area contributed by atoms with E-state index in [4.69, 9.17) is 11.6 Å². The van der Waals surface area contributed by atoms with Gasteiger partial charge in [0.15, 0.2) is 0 Å². The van der Waals surface area contributed by atoms with E-state index in [1.807, 2.05) is 24.3 Å². The third-order valence-corrected chi connectivity index (χ3v) is 3.19. The van der Waals surface area contributed by atoms with Crippen LogP contribution in [0.15, 0.2) is 28.7 Å². The average Bonchev–Trinajstić information content (AvgIpc) is 2.85. The van der Waals surface area contributed by atoms with E-state index in [1.54, 1.807) is 0 Å². The van der Waals surface area contributed by atoms with E-state index in [-0.39, 0.29) is 11.2 Å². The normalized spacial score (nSPS) is 25.7. The summed E-state index contributed by atoms with van der Waals surface area (Å²) in [5, 5.41) is -0.201. The van der Waals surface area contributed by atoms with Crippen molar-refractivity contribution in [3.63, 3.8) is 0 Å². The Balaban J connectivity index is 2.12. The number of hydrogen-bond donors (Lipinski definition) is 0. The minimum atomic E-state index is -0.201. The standard InChI is InChI=1S/C10H8BrClO/c11-7-3-1-6(2-4-7)8-5-9(8)10(12)13/h1-4,8-9H,5H2/t8?,9-/m0/s1. The second kappa shape index (κ2) is 3.43. The lowest BCUT2D eigenvalue weighted by molar-refractivity contribution is -0.112. The van der Waals surface area contributed by atoms with Crippen molar-refractivity contribution >= 4 is 32.8 Å². The molecule has 1 aliphatic carbocycles. The summed E-state index contributed by atoms with van der Waals surface area (Å²) in [6, 6.07) is 8.05. The van der Waals surface area contributed by atoms with Gasteiger partial charge < -0.3 is 0 Å². The van der Waals surface area contributed by atoms with Gasteiger partial charge in [0.05, 0.1) is 0 Å². The molecule has 0 bridgehead atoms. The predicted molar refractivity (Wildman–Crippen MR) is 55.9 cm³/mol. The summed E-state index contributed by atoms with van der Waals surface area (Å²) < 4.78 is 1.06. The molecule has 1 aromatic rings. The van der Waals surface area contributed by atoms with Crippen molar-refractivity contribution in [2.45, 2.75) is 12.3 Å². The van der Waals surface area contributed by atoms with Crippen LogP contribution in [0.3, 0.4) is 0 Å². The number of benzene rings is 1. The zero-order valence-corrected chi connectivity index (χ0v) is 9.18. The summed E-state index contributed by atoms with van der Waals surface area (Å²) in [5.41, 5.74) is 1.21. The summed E-state index contributed by atoms with van der Waals surface area (Å²) in [5.74, 6) is 0.418. The van der Waals surface area contributed by atoms with Crippen LogP contribution in [0.2, 0.25) is 0 Å². The first-order valence-corrected chi connectivity index (χ1v) is 5.30. The maximum atomic E-state index is 10.8. The van der Waals surface area contributed by atoms with Gasteiger partial charge in [-0.25, -0.2) is 0 Å². The van der Waals surface area contributed by atoms with E-state index in [2.05, 4.69) is 15.9 Å². The van der Waals surface area contributed by atoms with Crippen LogP contribution in [-0.2, 0) is 4.79 Å². The van der Waals surface area contributed by atoms with Crippen LogP contribution in [0.4, 0.5) is 0 Å². The molecule has 1 saturated carbocycles. The van der Waals surface area contributed by atoms with Crippen LogP contribution in [0.5, 0.6) is 0 Å². The molecule has 0 N–H and O–H groups in total. The van der Waals surface area contributed by atoms with Gasteiger partial charge in [0.25, 0.3) is 0 Å². The Morgan fingerprint density at radius 2 is 2.00 bits per heavy atom. The van der Waals surface area contributed by atoms with E-state index in [1.165, 1.54) is 5.56 Å². The Bertz CT molecular complexity index is 333. The minimum absolute atomic E-state index is 0.0582.